The summed E-state index contributed by atoms with van der Waals surface area (Å²) >= 11 is 0. The average molecular weight is 242 g/mol. The van der Waals surface area contributed by atoms with Crippen molar-refractivity contribution in [3.05, 3.63) is 48.0 Å². The normalized spacial score (nSPS) is 14.9. The molecule has 1 saturated carbocycles. The van der Waals surface area contributed by atoms with Crippen molar-refractivity contribution >= 4 is 0 Å². The Morgan fingerprint density at radius 1 is 1.22 bits per heavy atom. The highest BCUT2D eigenvalue weighted by Gasteiger charge is 2.20. The van der Waals surface area contributed by atoms with Crippen molar-refractivity contribution in [2.45, 2.75) is 38.4 Å². The number of nitrogens with zero attached hydrogens (tertiary/aromatic N) is 3. The van der Waals surface area contributed by atoms with E-state index in [1.54, 1.807) is 6.33 Å². The first-order valence-corrected chi connectivity index (χ1v) is 6.56. The summed E-state index contributed by atoms with van der Waals surface area (Å²) < 4.78 is 2.00. The molecule has 1 aliphatic carbocycles. The van der Waals surface area contributed by atoms with Crippen LogP contribution < -0.4 is 5.32 Å². The number of rotatable bonds is 6. The molecule has 0 unspecified atom stereocenters. The minimum Gasteiger partial charge on any atom is -0.307 e. The van der Waals surface area contributed by atoms with Crippen molar-refractivity contribution in [2.24, 2.45) is 0 Å². The van der Waals surface area contributed by atoms with Gasteiger partial charge in [-0.2, -0.15) is 5.10 Å². The molecule has 0 aliphatic heterocycles. The molecule has 0 atom stereocenters. The van der Waals surface area contributed by atoms with E-state index in [2.05, 4.69) is 39.7 Å². The zero-order valence-electron chi connectivity index (χ0n) is 10.4. The molecule has 0 saturated heterocycles. The second kappa shape index (κ2) is 5.31. The van der Waals surface area contributed by atoms with Crippen molar-refractivity contribution in [1.29, 1.82) is 0 Å². The molecule has 94 valence electrons. The summed E-state index contributed by atoms with van der Waals surface area (Å²) in [6.45, 7) is 1.73. The molecule has 0 bridgehead atoms. The van der Waals surface area contributed by atoms with E-state index in [9.17, 15) is 0 Å². The monoisotopic (exact) mass is 242 g/mol. The number of aryl methyl sites for hydroxylation is 2. The third-order valence-corrected chi connectivity index (χ3v) is 3.28. The summed E-state index contributed by atoms with van der Waals surface area (Å²) in [6, 6.07) is 11.2. The van der Waals surface area contributed by atoms with Gasteiger partial charge in [0, 0.05) is 12.6 Å². The third-order valence-electron chi connectivity index (χ3n) is 3.28. The lowest BCUT2D eigenvalue weighted by atomic mass is 10.1. The van der Waals surface area contributed by atoms with Crippen LogP contribution in [0.15, 0.2) is 36.7 Å². The van der Waals surface area contributed by atoms with Crippen LogP contribution in [0.3, 0.4) is 0 Å². The number of benzene rings is 1. The molecular weight excluding hydrogens is 224 g/mol. The third kappa shape index (κ3) is 2.96. The standard InChI is InChI=1S/C14H18N4/c1-2-4-12(5-3-1)8-9-18-14(16-11-17-18)10-15-13-6-7-13/h1-5,11,13,15H,6-10H2. The molecule has 1 fully saturated rings. The van der Waals surface area contributed by atoms with Crippen LogP contribution in [0.4, 0.5) is 0 Å². The van der Waals surface area contributed by atoms with E-state index in [1.807, 2.05) is 10.7 Å². The van der Waals surface area contributed by atoms with Gasteiger partial charge >= 0.3 is 0 Å². The minimum absolute atomic E-state index is 0.712. The van der Waals surface area contributed by atoms with E-state index in [0.29, 0.717) is 6.04 Å². The largest absolute Gasteiger partial charge is 0.307 e. The summed E-state index contributed by atoms with van der Waals surface area (Å²) in [5.41, 5.74) is 1.34. The van der Waals surface area contributed by atoms with Gasteiger partial charge in [0.1, 0.15) is 12.2 Å². The number of nitrogens with one attached hydrogen (secondary N) is 1. The predicted molar refractivity (Wildman–Crippen MR) is 70.0 cm³/mol. The van der Waals surface area contributed by atoms with Gasteiger partial charge in [0.25, 0.3) is 0 Å². The van der Waals surface area contributed by atoms with E-state index in [1.165, 1.54) is 18.4 Å². The first-order chi connectivity index (χ1) is 8.92. The van der Waals surface area contributed by atoms with E-state index < -0.39 is 0 Å². The molecule has 18 heavy (non-hydrogen) atoms. The second-order valence-corrected chi connectivity index (χ2v) is 4.79. The van der Waals surface area contributed by atoms with Gasteiger partial charge in [0.05, 0.1) is 6.54 Å². The molecule has 1 N–H and O–H groups in total. The van der Waals surface area contributed by atoms with Crippen molar-refractivity contribution in [1.82, 2.24) is 20.1 Å². The molecule has 0 radical (unpaired) electrons. The molecule has 2 aromatic rings. The van der Waals surface area contributed by atoms with E-state index in [-0.39, 0.29) is 0 Å². The van der Waals surface area contributed by atoms with Crippen LogP contribution in [0, 0.1) is 0 Å². The Morgan fingerprint density at radius 3 is 2.83 bits per heavy atom. The first-order valence-electron chi connectivity index (χ1n) is 6.56. The lowest BCUT2D eigenvalue weighted by Gasteiger charge is -2.06. The van der Waals surface area contributed by atoms with E-state index in [0.717, 1.165) is 25.3 Å². The Balaban J connectivity index is 1.56. The second-order valence-electron chi connectivity index (χ2n) is 4.79. The fourth-order valence-electron chi connectivity index (χ4n) is 2.01. The molecule has 1 aromatic carbocycles. The summed E-state index contributed by atoms with van der Waals surface area (Å²) in [6.07, 6.45) is 5.26. The molecule has 0 amide bonds. The highest BCUT2D eigenvalue weighted by molar-refractivity contribution is 5.14. The number of aromatic nitrogens is 3. The fourth-order valence-corrected chi connectivity index (χ4v) is 2.01. The van der Waals surface area contributed by atoms with Crippen molar-refractivity contribution in [3.63, 3.8) is 0 Å². The zero-order valence-corrected chi connectivity index (χ0v) is 10.4. The number of hydrogen-bond donors (Lipinski definition) is 1. The molecule has 4 nitrogen and oxygen atoms in total. The van der Waals surface area contributed by atoms with Gasteiger partial charge in [-0.1, -0.05) is 30.3 Å². The van der Waals surface area contributed by atoms with E-state index >= 15 is 0 Å². The van der Waals surface area contributed by atoms with Gasteiger partial charge in [0.15, 0.2) is 0 Å². The molecule has 1 heterocycles. The van der Waals surface area contributed by atoms with Gasteiger partial charge in [-0.25, -0.2) is 9.67 Å². The lowest BCUT2D eigenvalue weighted by Crippen LogP contribution is -2.19. The molecular formula is C14H18N4. The van der Waals surface area contributed by atoms with Gasteiger partial charge in [0.2, 0.25) is 0 Å². The van der Waals surface area contributed by atoms with Crippen LogP contribution >= 0.6 is 0 Å². The lowest BCUT2D eigenvalue weighted by molar-refractivity contribution is 0.548. The fraction of sp³-hybridized carbons (Fsp3) is 0.429. The maximum absolute atomic E-state index is 4.32. The van der Waals surface area contributed by atoms with Crippen molar-refractivity contribution in [3.8, 4) is 0 Å². The van der Waals surface area contributed by atoms with Crippen LogP contribution in [-0.4, -0.2) is 20.8 Å². The minimum atomic E-state index is 0.712. The van der Waals surface area contributed by atoms with Crippen LogP contribution in [0.5, 0.6) is 0 Å². The smallest absolute Gasteiger partial charge is 0.140 e. The van der Waals surface area contributed by atoms with Crippen molar-refractivity contribution in [2.75, 3.05) is 0 Å². The van der Waals surface area contributed by atoms with Gasteiger partial charge in [-0.3, -0.25) is 0 Å². The van der Waals surface area contributed by atoms with Crippen LogP contribution in [0.25, 0.3) is 0 Å². The quantitative estimate of drug-likeness (QED) is 0.839. The van der Waals surface area contributed by atoms with Crippen LogP contribution in [-0.2, 0) is 19.5 Å². The maximum atomic E-state index is 4.32. The van der Waals surface area contributed by atoms with Gasteiger partial charge in [-0.05, 0) is 24.8 Å². The topological polar surface area (TPSA) is 42.7 Å². The maximum Gasteiger partial charge on any atom is 0.140 e. The molecule has 1 aliphatic rings. The summed E-state index contributed by atoms with van der Waals surface area (Å²) in [7, 11) is 0. The highest BCUT2D eigenvalue weighted by atomic mass is 15.3. The Labute approximate surface area is 107 Å². The van der Waals surface area contributed by atoms with Gasteiger partial charge < -0.3 is 5.32 Å². The Bertz CT molecular complexity index is 488. The Hall–Kier alpha value is -1.68. The predicted octanol–water partition coefficient (Wildman–Crippen LogP) is 1.77. The summed E-state index contributed by atoms with van der Waals surface area (Å²) in [5, 5.41) is 7.77. The Kier molecular flexibility index (Phi) is 3.37. The average Bonchev–Trinajstić information content (AvgIpc) is 3.14. The van der Waals surface area contributed by atoms with E-state index in [4.69, 9.17) is 0 Å². The molecule has 3 rings (SSSR count). The van der Waals surface area contributed by atoms with Crippen LogP contribution in [0.2, 0.25) is 0 Å². The Morgan fingerprint density at radius 2 is 2.06 bits per heavy atom. The molecule has 0 spiro atoms. The summed E-state index contributed by atoms with van der Waals surface area (Å²) in [4.78, 5) is 4.32. The SMILES string of the molecule is c1ccc(CCn2ncnc2CNC2CC2)cc1. The number of hydrogen-bond acceptors (Lipinski definition) is 3. The van der Waals surface area contributed by atoms with Crippen molar-refractivity contribution < 1.29 is 0 Å². The summed E-state index contributed by atoms with van der Waals surface area (Å²) in [5.74, 6) is 1.04. The first kappa shape index (κ1) is 11.4. The molecule has 4 heteroatoms. The highest BCUT2D eigenvalue weighted by Crippen LogP contribution is 2.18. The molecule has 1 aromatic heterocycles. The van der Waals surface area contributed by atoms with Crippen LogP contribution in [0.1, 0.15) is 24.2 Å². The zero-order chi connectivity index (χ0) is 12.2. The van der Waals surface area contributed by atoms with Gasteiger partial charge in [-0.15, -0.1) is 0 Å².